The summed E-state index contributed by atoms with van der Waals surface area (Å²) in [4.78, 5) is 12.0. The first-order valence-corrected chi connectivity index (χ1v) is 13.3. The quantitative estimate of drug-likeness (QED) is 0.441. The summed E-state index contributed by atoms with van der Waals surface area (Å²) in [6.07, 6.45) is 11.7. The summed E-state index contributed by atoms with van der Waals surface area (Å²) in [5.41, 5.74) is 3.46. The monoisotopic (exact) mass is 442 g/mol. The molecule has 3 nitrogen and oxygen atoms in total. The van der Waals surface area contributed by atoms with Crippen molar-refractivity contribution < 1.29 is 15.0 Å². The Morgan fingerprint density at radius 1 is 1.09 bits per heavy atom. The number of aliphatic carboxylic acids is 1. The fourth-order valence-electron chi connectivity index (χ4n) is 8.82. The number of rotatable bonds is 6. The fraction of sp³-hybridized carbons (Fsp3) is 0.828. The molecule has 0 aromatic rings. The van der Waals surface area contributed by atoms with E-state index in [1.165, 1.54) is 37.7 Å². The standard InChI is InChI=1S/C29H46O3/c1-17(2)18(3)7-8-19(4)21-11-12-22-20-9-10-24-26(27(31)32)25(30)14-16-29(24,6)23(20)13-15-28(21,22)5/h9,17,19,21-26,30H,3,7-8,10-16H2,1-2,4-6H3,(H,31,32)/t19-,21-,22+,23+,24+,25+,26+,28-,29-/m1/s1. The zero-order valence-electron chi connectivity index (χ0n) is 21.1. The number of aliphatic hydroxyl groups excluding tert-OH is 1. The third-order valence-electron chi connectivity index (χ3n) is 11.0. The van der Waals surface area contributed by atoms with Gasteiger partial charge in [-0.05, 0) is 104 Å². The van der Waals surface area contributed by atoms with E-state index in [0.29, 0.717) is 29.6 Å². The lowest BCUT2D eigenvalue weighted by molar-refractivity contribution is -0.160. The van der Waals surface area contributed by atoms with Crippen molar-refractivity contribution in [2.75, 3.05) is 0 Å². The van der Waals surface area contributed by atoms with Crippen molar-refractivity contribution in [1.82, 2.24) is 0 Å². The number of carboxylic acids is 1. The maximum Gasteiger partial charge on any atom is 0.309 e. The van der Waals surface area contributed by atoms with Crippen molar-refractivity contribution in [3.05, 3.63) is 23.8 Å². The average molecular weight is 443 g/mol. The molecule has 180 valence electrons. The SMILES string of the molecule is C=C(CC[C@@H](C)[C@H]1CC[C@H]2C3=CC[C@H]4[C@H](C(=O)O)[C@@H](O)CC[C@]4(C)[C@H]3CC[C@]12C)C(C)C. The highest BCUT2D eigenvalue weighted by Gasteiger charge is 2.60. The normalized spacial score (nSPS) is 44.3. The number of carboxylic acid groups (broad SMARTS) is 1. The second-order valence-corrected chi connectivity index (χ2v) is 12.7. The summed E-state index contributed by atoms with van der Waals surface area (Å²) in [7, 11) is 0. The molecule has 4 aliphatic carbocycles. The molecule has 0 bridgehead atoms. The van der Waals surface area contributed by atoms with E-state index >= 15 is 0 Å². The van der Waals surface area contributed by atoms with Crippen LogP contribution in [-0.4, -0.2) is 22.3 Å². The van der Waals surface area contributed by atoms with Crippen molar-refractivity contribution in [2.45, 2.75) is 98.5 Å². The smallest absolute Gasteiger partial charge is 0.309 e. The molecule has 3 saturated carbocycles. The van der Waals surface area contributed by atoms with Gasteiger partial charge >= 0.3 is 5.97 Å². The predicted molar refractivity (Wildman–Crippen MR) is 130 cm³/mol. The number of fused-ring (bicyclic) bond motifs is 5. The predicted octanol–water partition coefficient (Wildman–Crippen LogP) is 6.87. The first-order chi connectivity index (χ1) is 15.0. The minimum atomic E-state index is -0.802. The molecule has 0 heterocycles. The first kappa shape index (κ1) is 24.0. The van der Waals surface area contributed by atoms with E-state index in [-0.39, 0.29) is 11.3 Å². The lowest BCUT2D eigenvalue weighted by Crippen LogP contribution is -2.54. The second-order valence-electron chi connectivity index (χ2n) is 12.7. The van der Waals surface area contributed by atoms with Gasteiger partial charge in [-0.3, -0.25) is 4.79 Å². The van der Waals surface area contributed by atoms with Gasteiger partial charge in [-0.25, -0.2) is 0 Å². The highest BCUT2D eigenvalue weighted by molar-refractivity contribution is 5.71. The van der Waals surface area contributed by atoms with E-state index in [1.54, 1.807) is 5.57 Å². The van der Waals surface area contributed by atoms with Crippen LogP contribution < -0.4 is 0 Å². The van der Waals surface area contributed by atoms with Crippen molar-refractivity contribution >= 4 is 5.97 Å². The Kier molecular flexibility index (Phi) is 6.46. The van der Waals surface area contributed by atoms with Crippen LogP contribution in [0.25, 0.3) is 0 Å². The molecule has 0 amide bonds. The van der Waals surface area contributed by atoms with E-state index in [4.69, 9.17) is 0 Å². The molecule has 3 heteroatoms. The number of aliphatic hydroxyl groups is 1. The Labute approximate surface area is 195 Å². The maximum absolute atomic E-state index is 12.0. The second kappa shape index (κ2) is 8.60. The van der Waals surface area contributed by atoms with Gasteiger partial charge in [0.15, 0.2) is 0 Å². The molecular weight excluding hydrogens is 396 g/mol. The highest BCUT2D eigenvalue weighted by atomic mass is 16.4. The minimum absolute atomic E-state index is 0.0202. The molecule has 2 N–H and O–H groups in total. The Morgan fingerprint density at radius 2 is 1.75 bits per heavy atom. The number of allylic oxidation sites excluding steroid dienone is 3. The molecule has 3 fully saturated rings. The molecule has 0 aliphatic heterocycles. The van der Waals surface area contributed by atoms with Gasteiger partial charge in [-0.15, -0.1) is 0 Å². The van der Waals surface area contributed by atoms with Gasteiger partial charge in [0.25, 0.3) is 0 Å². The van der Waals surface area contributed by atoms with Crippen LogP contribution in [0.2, 0.25) is 0 Å². The van der Waals surface area contributed by atoms with Gasteiger partial charge in [0, 0.05) is 0 Å². The lowest BCUT2D eigenvalue weighted by atomic mass is 9.46. The van der Waals surface area contributed by atoms with Gasteiger partial charge in [0.05, 0.1) is 12.0 Å². The summed E-state index contributed by atoms with van der Waals surface area (Å²) in [5.74, 6) is 1.91. The van der Waals surface area contributed by atoms with Crippen molar-refractivity contribution in [2.24, 2.45) is 52.3 Å². The van der Waals surface area contributed by atoms with E-state index in [0.717, 1.165) is 31.1 Å². The number of carbonyl (C=O) groups is 1. The van der Waals surface area contributed by atoms with Crippen molar-refractivity contribution in [3.8, 4) is 0 Å². The summed E-state index contributed by atoms with van der Waals surface area (Å²) in [6, 6.07) is 0. The minimum Gasteiger partial charge on any atom is -0.481 e. The van der Waals surface area contributed by atoms with Gasteiger partial charge in [0.2, 0.25) is 0 Å². The largest absolute Gasteiger partial charge is 0.481 e. The zero-order chi connectivity index (χ0) is 23.4. The molecule has 9 atom stereocenters. The molecule has 0 radical (unpaired) electrons. The summed E-state index contributed by atoms with van der Waals surface area (Å²) >= 11 is 0. The molecule has 32 heavy (non-hydrogen) atoms. The number of hydrogen-bond acceptors (Lipinski definition) is 2. The Bertz CT molecular complexity index is 781. The number of hydrogen-bond donors (Lipinski definition) is 2. The fourth-order valence-corrected chi connectivity index (χ4v) is 8.82. The zero-order valence-corrected chi connectivity index (χ0v) is 21.1. The van der Waals surface area contributed by atoms with Crippen LogP contribution in [0.15, 0.2) is 23.8 Å². The van der Waals surface area contributed by atoms with E-state index in [9.17, 15) is 15.0 Å². The van der Waals surface area contributed by atoms with Crippen LogP contribution in [0.3, 0.4) is 0 Å². The molecule has 0 aromatic heterocycles. The van der Waals surface area contributed by atoms with Crippen LogP contribution in [0.1, 0.15) is 92.4 Å². The first-order valence-electron chi connectivity index (χ1n) is 13.3. The Morgan fingerprint density at radius 3 is 2.41 bits per heavy atom. The third kappa shape index (κ3) is 3.71. The van der Waals surface area contributed by atoms with Crippen molar-refractivity contribution in [1.29, 1.82) is 0 Å². The highest BCUT2D eigenvalue weighted by Crippen LogP contribution is 2.67. The summed E-state index contributed by atoms with van der Waals surface area (Å²) in [6.45, 7) is 16.2. The molecule has 0 spiro atoms. The van der Waals surface area contributed by atoms with E-state index in [1.807, 2.05) is 0 Å². The Hall–Kier alpha value is -1.09. The van der Waals surface area contributed by atoms with Crippen LogP contribution in [0.5, 0.6) is 0 Å². The van der Waals surface area contributed by atoms with Crippen LogP contribution in [0.4, 0.5) is 0 Å². The lowest BCUT2D eigenvalue weighted by Gasteiger charge is -2.59. The maximum atomic E-state index is 12.0. The molecule has 0 saturated heterocycles. The van der Waals surface area contributed by atoms with Crippen molar-refractivity contribution in [3.63, 3.8) is 0 Å². The van der Waals surface area contributed by atoms with Gasteiger partial charge in [-0.2, -0.15) is 0 Å². The third-order valence-corrected chi connectivity index (χ3v) is 11.0. The molecule has 4 rings (SSSR count). The van der Waals surface area contributed by atoms with Gasteiger partial charge in [-0.1, -0.05) is 58.4 Å². The topological polar surface area (TPSA) is 57.5 Å². The molecule has 0 unspecified atom stereocenters. The molecule has 0 aromatic carbocycles. The van der Waals surface area contributed by atoms with Crippen LogP contribution >= 0.6 is 0 Å². The summed E-state index contributed by atoms with van der Waals surface area (Å²) < 4.78 is 0. The molecule has 4 aliphatic rings. The van der Waals surface area contributed by atoms with Gasteiger partial charge in [0.1, 0.15) is 0 Å². The van der Waals surface area contributed by atoms with E-state index in [2.05, 4.69) is 47.3 Å². The van der Waals surface area contributed by atoms with Gasteiger partial charge < -0.3 is 10.2 Å². The van der Waals surface area contributed by atoms with E-state index < -0.39 is 18.0 Å². The Balaban J connectivity index is 1.55. The van der Waals surface area contributed by atoms with Crippen LogP contribution in [-0.2, 0) is 4.79 Å². The van der Waals surface area contributed by atoms with Crippen LogP contribution in [0, 0.1) is 52.3 Å². The molecular formula is C29H46O3. The summed E-state index contributed by atoms with van der Waals surface area (Å²) in [5, 5.41) is 20.4. The average Bonchev–Trinajstić information content (AvgIpc) is 3.09.